The predicted molar refractivity (Wildman–Crippen MR) is 87.1 cm³/mol. The minimum absolute atomic E-state index is 0.0964. The molecule has 2 aromatic rings. The van der Waals surface area contributed by atoms with Crippen LogP contribution in [-0.4, -0.2) is 18.8 Å². The van der Waals surface area contributed by atoms with Gasteiger partial charge in [-0.1, -0.05) is 18.2 Å². The Balaban J connectivity index is 2.08. The van der Waals surface area contributed by atoms with Gasteiger partial charge in [0.15, 0.2) is 17.3 Å². The van der Waals surface area contributed by atoms with Crippen LogP contribution in [0.1, 0.15) is 22.8 Å². The average molecular weight is 313 g/mol. The van der Waals surface area contributed by atoms with Gasteiger partial charge in [0.05, 0.1) is 7.11 Å². The van der Waals surface area contributed by atoms with Crippen molar-refractivity contribution in [3.8, 4) is 5.75 Å². The topological polar surface area (TPSA) is 55.4 Å². The molecule has 0 unspecified atom stereocenters. The Morgan fingerprint density at radius 2 is 1.83 bits per heavy atom. The highest BCUT2D eigenvalue weighted by Crippen LogP contribution is 2.18. The molecule has 5 heteroatoms. The van der Waals surface area contributed by atoms with E-state index in [2.05, 4.69) is 5.32 Å². The van der Waals surface area contributed by atoms with Crippen LogP contribution in [0.4, 0.5) is 10.1 Å². The number of halogens is 1. The van der Waals surface area contributed by atoms with Gasteiger partial charge >= 0.3 is 0 Å². The number of allylic oxidation sites excluding steroid dienone is 1. The number of nitrogens with one attached hydrogen (secondary N) is 1. The van der Waals surface area contributed by atoms with E-state index in [0.29, 0.717) is 5.69 Å². The van der Waals surface area contributed by atoms with Gasteiger partial charge in [0.25, 0.3) is 0 Å². The van der Waals surface area contributed by atoms with Gasteiger partial charge in [0, 0.05) is 18.2 Å². The smallest absolute Gasteiger partial charge is 0.221 e. The Labute approximate surface area is 133 Å². The molecule has 0 aliphatic carbocycles. The van der Waals surface area contributed by atoms with Crippen LogP contribution in [0.2, 0.25) is 0 Å². The number of methoxy groups -OCH3 is 1. The zero-order valence-corrected chi connectivity index (χ0v) is 12.8. The van der Waals surface area contributed by atoms with E-state index >= 15 is 0 Å². The summed E-state index contributed by atoms with van der Waals surface area (Å²) in [6, 6.07) is 11.1. The molecule has 118 valence electrons. The molecule has 0 aromatic heterocycles. The fraction of sp³-hybridized carbons (Fsp3) is 0.111. The number of rotatable bonds is 5. The Morgan fingerprint density at radius 3 is 2.39 bits per heavy atom. The maximum absolute atomic E-state index is 13.6. The highest BCUT2D eigenvalue weighted by atomic mass is 19.1. The van der Waals surface area contributed by atoms with Crippen molar-refractivity contribution in [2.24, 2.45) is 0 Å². The summed E-state index contributed by atoms with van der Waals surface area (Å²) in [5.74, 6) is -0.937. The molecule has 0 bridgehead atoms. The number of amides is 1. The summed E-state index contributed by atoms with van der Waals surface area (Å²) in [6.45, 7) is 1.43. The minimum atomic E-state index is -0.577. The van der Waals surface area contributed by atoms with Gasteiger partial charge in [-0.05, 0) is 42.0 Å². The van der Waals surface area contributed by atoms with Crippen molar-refractivity contribution in [1.29, 1.82) is 0 Å². The number of ketones is 1. The molecule has 1 N–H and O–H groups in total. The number of hydrogen-bond acceptors (Lipinski definition) is 3. The third-order valence-corrected chi connectivity index (χ3v) is 3.09. The van der Waals surface area contributed by atoms with Crippen LogP contribution in [0.25, 0.3) is 6.08 Å². The van der Waals surface area contributed by atoms with Crippen LogP contribution in [0, 0.1) is 5.82 Å². The van der Waals surface area contributed by atoms with E-state index in [1.54, 1.807) is 30.3 Å². The molecule has 0 heterocycles. The zero-order chi connectivity index (χ0) is 16.8. The largest absolute Gasteiger partial charge is 0.494 e. The third-order valence-electron chi connectivity index (χ3n) is 3.09. The van der Waals surface area contributed by atoms with Crippen molar-refractivity contribution < 1.29 is 18.7 Å². The first-order chi connectivity index (χ1) is 11.0. The van der Waals surface area contributed by atoms with Gasteiger partial charge in [-0.15, -0.1) is 0 Å². The summed E-state index contributed by atoms with van der Waals surface area (Å²) in [6.07, 6.45) is 3.00. The second-order valence-electron chi connectivity index (χ2n) is 4.85. The summed E-state index contributed by atoms with van der Waals surface area (Å²) in [5.41, 5.74) is 1.72. The first-order valence-electron chi connectivity index (χ1n) is 6.93. The van der Waals surface area contributed by atoms with E-state index in [4.69, 9.17) is 4.74 Å². The molecular weight excluding hydrogens is 297 g/mol. The van der Waals surface area contributed by atoms with Crippen LogP contribution >= 0.6 is 0 Å². The molecule has 0 aliphatic heterocycles. The third kappa shape index (κ3) is 4.51. The molecule has 0 fully saturated rings. The number of carbonyl (C=O) groups is 2. The molecule has 0 saturated carbocycles. The fourth-order valence-corrected chi connectivity index (χ4v) is 1.97. The Morgan fingerprint density at radius 1 is 1.13 bits per heavy atom. The van der Waals surface area contributed by atoms with Crippen molar-refractivity contribution in [2.45, 2.75) is 6.92 Å². The summed E-state index contributed by atoms with van der Waals surface area (Å²) in [4.78, 5) is 23.0. The molecule has 2 rings (SSSR count). The van der Waals surface area contributed by atoms with Crippen LogP contribution in [0.5, 0.6) is 5.75 Å². The minimum Gasteiger partial charge on any atom is -0.494 e. The molecular formula is C18H16FNO3. The van der Waals surface area contributed by atoms with Gasteiger partial charge in [0.2, 0.25) is 5.91 Å². The number of ether oxygens (including phenoxy) is 1. The van der Waals surface area contributed by atoms with Crippen molar-refractivity contribution in [3.63, 3.8) is 0 Å². The van der Waals surface area contributed by atoms with Crippen LogP contribution in [-0.2, 0) is 4.79 Å². The van der Waals surface area contributed by atoms with E-state index in [1.807, 2.05) is 0 Å². The normalized spacial score (nSPS) is 10.6. The second kappa shape index (κ2) is 7.35. The molecule has 23 heavy (non-hydrogen) atoms. The van der Waals surface area contributed by atoms with Gasteiger partial charge in [-0.25, -0.2) is 4.39 Å². The lowest BCUT2D eigenvalue weighted by atomic mass is 10.1. The number of hydrogen-bond donors (Lipinski definition) is 1. The first kappa shape index (κ1) is 16.4. The van der Waals surface area contributed by atoms with Gasteiger partial charge < -0.3 is 10.1 Å². The van der Waals surface area contributed by atoms with Gasteiger partial charge in [0.1, 0.15) is 0 Å². The summed E-state index contributed by atoms with van der Waals surface area (Å²) < 4.78 is 18.4. The standard InChI is InChI=1S/C18H16FNO3/c1-12(21)20-15-7-3-13(4-8-15)5-9-17(22)14-6-10-18(23-2)16(19)11-14/h3-11H,1-2H3,(H,20,21)/b9-5+. The van der Waals surface area contributed by atoms with E-state index in [9.17, 15) is 14.0 Å². The van der Waals surface area contributed by atoms with Crippen molar-refractivity contribution in [1.82, 2.24) is 0 Å². The lowest BCUT2D eigenvalue weighted by molar-refractivity contribution is -0.114. The van der Waals surface area contributed by atoms with Crippen molar-refractivity contribution in [2.75, 3.05) is 12.4 Å². The number of benzene rings is 2. The van der Waals surface area contributed by atoms with Gasteiger partial charge in [-0.2, -0.15) is 0 Å². The average Bonchev–Trinajstić information content (AvgIpc) is 2.53. The SMILES string of the molecule is COc1ccc(C(=O)/C=C/c2ccc(NC(C)=O)cc2)cc1F. The van der Waals surface area contributed by atoms with E-state index < -0.39 is 5.82 Å². The van der Waals surface area contributed by atoms with E-state index in [1.165, 1.54) is 32.2 Å². The predicted octanol–water partition coefficient (Wildman–Crippen LogP) is 3.69. The Kier molecular flexibility index (Phi) is 5.25. The fourth-order valence-electron chi connectivity index (χ4n) is 1.97. The molecule has 0 spiro atoms. The highest BCUT2D eigenvalue weighted by Gasteiger charge is 2.07. The highest BCUT2D eigenvalue weighted by molar-refractivity contribution is 6.06. The quantitative estimate of drug-likeness (QED) is 0.676. The molecule has 2 aromatic carbocycles. The molecule has 4 nitrogen and oxygen atoms in total. The van der Waals surface area contributed by atoms with Crippen LogP contribution < -0.4 is 10.1 Å². The van der Waals surface area contributed by atoms with Crippen LogP contribution in [0.15, 0.2) is 48.5 Å². The monoisotopic (exact) mass is 313 g/mol. The van der Waals surface area contributed by atoms with E-state index in [-0.39, 0.29) is 23.0 Å². The molecule has 0 atom stereocenters. The number of anilines is 1. The maximum atomic E-state index is 13.6. The summed E-state index contributed by atoms with van der Waals surface area (Å²) >= 11 is 0. The molecule has 0 aliphatic rings. The summed E-state index contributed by atoms with van der Waals surface area (Å²) in [7, 11) is 1.37. The van der Waals surface area contributed by atoms with Gasteiger partial charge in [-0.3, -0.25) is 9.59 Å². The van der Waals surface area contributed by atoms with Crippen LogP contribution in [0.3, 0.4) is 0 Å². The number of carbonyl (C=O) groups excluding carboxylic acids is 2. The summed E-state index contributed by atoms with van der Waals surface area (Å²) in [5, 5.41) is 2.66. The van der Waals surface area contributed by atoms with Crippen molar-refractivity contribution >= 4 is 23.5 Å². The molecule has 1 amide bonds. The zero-order valence-electron chi connectivity index (χ0n) is 12.8. The Bertz CT molecular complexity index is 751. The molecule has 0 saturated heterocycles. The lowest BCUT2D eigenvalue weighted by Crippen LogP contribution is -2.05. The maximum Gasteiger partial charge on any atom is 0.221 e. The first-order valence-corrected chi connectivity index (χ1v) is 6.93. The van der Waals surface area contributed by atoms with E-state index in [0.717, 1.165) is 11.6 Å². The lowest BCUT2D eigenvalue weighted by Gasteiger charge is -2.03. The van der Waals surface area contributed by atoms with Crippen molar-refractivity contribution in [3.05, 3.63) is 65.5 Å². The second-order valence-corrected chi connectivity index (χ2v) is 4.85. The molecule has 0 radical (unpaired) electrons. The Hall–Kier alpha value is -2.95.